The lowest BCUT2D eigenvalue weighted by atomic mass is 9.89. The SMILES string of the molecule is CCNC(=NCC1CCCN1CC1CCCCC1)NCCCN1CCCC1=O.I. The standard InChI is InChI=1S/C22H41N5O.HI/c1-2-23-22(24-13-8-16-26-14-7-12-21(26)28)25-17-20-11-6-15-27(20)18-19-9-4-3-5-10-19;/h19-20H,2-18H2,1H3,(H2,23,24,25);1H. The normalized spacial score (nSPS) is 24.0. The second-order valence-electron chi connectivity index (χ2n) is 8.78. The zero-order valence-corrected chi connectivity index (χ0v) is 20.7. The smallest absolute Gasteiger partial charge is 0.222 e. The molecule has 168 valence electrons. The van der Waals surface area contributed by atoms with Crippen molar-refractivity contribution in [1.82, 2.24) is 20.4 Å². The molecular weight excluding hydrogens is 477 g/mol. The van der Waals surface area contributed by atoms with E-state index in [0.29, 0.717) is 11.9 Å². The van der Waals surface area contributed by atoms with E-state index in [2.05, 4.69) is 22.5 Å². The van der Waals surface area contributed by atoms with Crippen molar-refractivity contribution in [2.75, 3.05) is 45.8 Å². The van der Waals surface area contributed by atoms with Crippen molar-refractivity contribution in [3.63, 3.8) is 0 Å². The van der Waals surface area contributed by atoms with Crippen LogP contribution in [0.25, 0.3) is 0 Å². The van der Waals surface area contributed by atoms with Crippen LogP contribution in [0.15, 0.2) is 4.99 Å². The lowest BCUT2D eigenvalue weighted by Gasteiger charge is -2.30. The highest BCUT2D eigenvalue weighted by Crippen LogP contribution is 2.27. The fourth-order valence-electron chi connectivity index (χ4n) is 5.00. The van der Waals surface area contributed by atoms with Crippen LogP contribution in [0.5, 0.6) is 0 Å². The molecule has 1 amide bonds. The summed E-state index contributed by atoms with van der Waals surface area (Å²) in [5, 5.41) is 6.84. The van der Waals surface area contributed by atoms with Gasteiger partial charge < -0.3 is 15.5 Å². The Morgan fingerprint density at radius 2 is 1.90 bits per heavy atom. The molecule has 2 aliphatic heterocycles. The minimum atomic E-state index is 0. The van der Waals surface area contributed by atoms with Gasteiger partial charge >= 0.3 is 0 Å². The van der Waals surface area contributed by atoms with E-state index in [4.69, 9.17) is 4.99 Å². The van der Waals surface area contributed by atoms with Crippen LogP contribution in [0, 0.1) is 5.92 Å². The van der Waals surface area contributed by atoms with Gasteiger partial charge in [0.1, 0.15) is 0 Å². The largest absolute Gasteiger partial charge is 0.357 e. The summed E-state index contributed by atoms with van der Waals surface area (Å²) in [6.07, 6.45) is 12.5. The molecule has 7 heteroatoms. The fraction of sp³-hybridized carbons (Fsp3) is 0.909. The fourth-order valence-corrected chi connectivity index (χ4v) is 5.00. The van der Waals surface area contributed by atoms with Crippen molar-refractivity contribution in [3.8, 4) is 0 Å². The zero-order valence-electron chi connectivity index (χ0n) is 18.3. The van der Waals surface area contributed by atoms with Gasteiger partial charge in [-0.05, 0) is 57.9 Å². The summed E-state index contributed by atoms with van der Waals surface area (Å²) >= 11 is 0. The molecule has 3 rings (SSSR count). The minimum absolute atomic E-state index is 0. The van der Waals surface area contributed by atoms with E-state index in [9.17, 15) is 4.79 Å². The van der Waals surface area contributed by atoms with Crippen molar-refractivity contribution in [2.24, 2.45) is 10.9 Å². The van der Waals surface area contributed by atoms with Crippen molar-refractivity contribution in [3.05, 3.63) is 0 Å². The molecule has 1 unspecified atom stereocenters. The number of halogens is 1. The van der Waals surface area contributed by atoms with E-state index in [1.54, 1.807) is 0 Å². The second-order valence-corrected chi connectivity index (χ2v) is 8.78. The van der Waals surface area contributed by atoms with E-state index in [-0.39, 0.29) is 24.0 Å². The van der Waals surface area contributed by atoms with E-state index in [0.717, 1.165) is 63.9 Å². The van der Waals surface area contributed by atoms with Crippen molar-refractivity contribution < 1.29 is 4.79 Å². The maximum absolute atomic E-state index is 11.7. The quantitative estimate of drug-likeness (QED) is 0.213. The summed E-state index contributed by atoms with van der Waals surface area (Å²) in [6, 6.07) is 0.611. The van der Waals surface area contributed by atoms with E-state index in [1.807, 2.05) is 4.90 Å². The van der Waals surface area contributed by atoms with Gasteiger partial charge in [0.2, 0.25) is 5.91 Å². The van der Waals surface area contributed by atoms with Gasteiger partial charge in [0.15, 0.2) is 5.96 Å². The summed E-state index contributed by atoms with van der Waals surface area (Å²) in [4.78, 5) is 21.3. The molecule has 2 heterocycles. The number of carbonyl (C=O) groups excluding carboxylic acids is 1. The van der Waals surface area contributed by atoms with Crippen LogP contribution < -0.4 is 10.6 Å². The lowest BCUT2D eigenvalue weighted by molar-refractivity contribution is -0.127. The molecule has 0 aromatic rings. The number of carbonyl (C=O) groups is 1. The number of guanidine groups is 1. The molecule has 2 saturated heterocycles. The van der Waals surface area contributed by atoms with E-state index >= 15 is 0 Å². The van der Waals surface area contributed by atoms with Crippen molar-refractivity contribution >= 4 is 35.8 Å². The maximum Gasteiger partial charge on any atom is 0.222 e. The second kappa shape index (κ2) is 13.7. The van der Waals surface area contributed by atoms with Crippen LogP contribution in [-0.4, -0.2) is 73.5 Å². The number of aliphatic imine (C=N–C) groups is 1. The summed E-state index contributed by atoms with van der Waals surface area (Å²) < 4.78 is 0. The molecule has 0 aromatic heterocycles. The molecule has 2 N–H and O–H groups in total. The Kier molecular flexibility index (Phi) is 11.6. The highest BCUT2D eigenvalue weighted by Gasteiger charge is 2.27. The number of hydrogen-bond donors (Lipinski definition) is 2. The molecule has 29 heavy (non-hydrogen) atoms. The Bertz CT molecular complexity index is 509. The summed E-state index contributed by atoms with van der Waals surface area (Å²) in [5.41, 5.74) is 0. The monoisotopic (exact) mass is 519 g/mol. The van der Waals surface area contributed by atoms with Gasteiger partial charge in [0.05, 0.1) is 6.54 Å². The van der Waals surface area contributed by atoms with Crippen molar-refractivity contribution in [1.29, 1.82) is 0 Å². The molecule has 6 nitrogen and oxygen atoms in total. The molecule has 1 aliphatic carbocycles. The first-order valence-electron chi connectivity index (χ1n) is 11.8. The molecule has 0 bridgehead atoms. The van der Waals surface area contributed by atoms with Gasteiger partial charge in [0.25, 0.3) is 0 Å². The molecule has 0 radical (unpaired) electrons. The van der Waals surface area contributed by atoms with Crippen LogP contribution in [0.2, 0.25) is 0 Å². The van der Waals surface area contributed by atoms with Gasteiger partial charge in [-0.3, -0.25) is 14.7 Å². The zero-order chi connectivity index (χ0) is 19.6. The molecule has 0 aromatic carbocycles. The number of likely N-dealkylation sites (tertiary alicyclic amines) is 2. The average Bonchev–Trinajstić information content (AvgIpc) is 3.32. The Morgan fingerprint density at radius 1 is 1.07 bits per heavy atom. The predicted octanol–water partition coefficient (Wildman–Crippen LogP) is 3.22. The number of nitrogens with one attached hydrogen (secondary N) is 2. The number of hydrogen-bond acceptors (Lipinski definition) is 3. The number of rotatable bonds is 9. The van der Waals surface area contributed by atoms with Crippen LogP contribution >= 0.6 is 24.0 Å². The number of nitrogens with zero attached hydrogens (tertiary/aromatic N) is 3. The number of amides is 1. The highest BCUT2D eigenvalue weighted by molar-refractivity contribution is 14.0. The molecule has 3 fully saturated rings. The molecular formula is C22H42IN5O. The first-order chi connectivity index (χ1) is 13.8. The Labute approximate surface area is 194 Å². The highest BCUT2D eigenvalue weighted by atomic mass is 127. The lowest BCUT2D eigenvalue weighted by Crippen LogP contribution is -2.41. The third-order valence-corrected chi connectivity index (χ3v) is 6.59. The van der Waals surface area contributed by atoms with Gasteiger partial charge in [-0.15, -0.1) is 24.0 Å². The van der Waals surface area contributed by atoms with E-state index < -0.39 is 0 Å². The maximum atomic E-state index is 11.7. The van der Waals surface area contributed by atoms with Crippen LogP contribution in [0.4, 0.5) is 0 Å². The summed E-state index contributed by atoms with van der Waals surface area (Å²) in [7, 11) is 0. The van der Waals surface area contributed by atoms with Gasteiger partial charge in [0, 0.05) is 45.2 Å². The van der Waals surface area contributed by atoms with Crippen LogP contribution in [-0.2, 0) is 4.79 Å². The average molecular weight is 520 g/mol. The third-order valence-electron chi connectivity index (χ3n) is 6.59. The molecule has 1 atom stereocenters. The molecule has 0 spiro atoms. The van der Waals surface area contributed by atoms with Crippen molar-refractivity contribution in [2.45, 2.75) is 77.2 Å². The van der Waals surface area contributed by atoms with Crippen LogP contribution in [0.1, 0.15) is 71.1 Å². The molecule has 3 aliphatic rings. The van der Waals surface area contributed by atoms with Gasteiger partial charge in [-0.25, -0.2) is 0 Å². The Balaban J connectivity index is 0.00000300. The van der Waals surface area contributed by atoms with E-state index in [1.165, 1.54) is 58.0 Å². The predicted molar refractivity (Wildman–Crippen MR) is 131 cm³/mol. The third kappa shape index (κ3) is 8.23. The summed E-state index contributed by atoms with van der Waals surface area (Å²) in [6.45, 7) is 9.10. The minimum Gasteiger partial charge on any atom is -0.357 e. The molecule has 1 saturated carbocycles. The Morgan fingerprint density at radius 3 is 2.62 bits per heavy atom. The van der Waals surface area contributed by atoms with Crippen LogP contribution in [0.3, 0.4) is 0 Å². The summed E-state index contributed by atoms with van der Waals surface area (Å²) in [5.74, 6) is 2.16. The van der Waals surface area contributed by atoms with Gasteiger partial charge in [-0.2, -0.15) is 0 Å². The van der Waals surface area contributed by atoms with Gasteiger partial charge in [-0.1, -0.05) is 19.3 Å². The Hall–Kier alpha value is -0.570. The topological polar surface area (TPSA) is 60.0 Å². The first-order valence-corrected chi connectivity index (χ1v) is 11.8. The first kappa shape index (κ1) is 24.7.